The maximum absolute atomic E-state index is 9.17. The predicted molar refractivity (Wildman–Crippen MR) is 28.9 cm³/mol. The van der Waals surface area contributed by atoms with Crippen molar-refractivity contribution >= 4 is 25.1 Å². The van der Waals surface area contributed by atoms with Crippen LogP contribution in [0, 0.1) is 0 Å². The van der Waals surface area contributed by atoms with Crippen LogP contribution >= 0.6 is 0 Å². The number of carbonyl (C=O) groups is 4. The Morgan fingerprint density at radius 1 is 0.778 bits per heavy atom. The van der Waals surface area contributed by atoms with E-state index in [0.29, 0.717) is 12.6 Å². The van der Waals surface area contributed by atoms with E-state index in [1.54, 1.807) is 0 Å². The van der Waals surface area contributed by atoms with E-state index in [2.05, 4.69) is 0 Å². The van der Waals surface area contributed by atoms with Crippen molar-refractivity contribution in [3.8, 4) is 0 Å². The monoisotopic (exact) mass is 130 g/mol. The number of hydrogen-bond acceptors (Lipinski definition) is 4. The molecule has 9 heavy (non-hydrogen) atoms. The van der Waals surface area contributed by atoms with E-state index in [9.17, 15) is 9.59 Å². The van der Waals surface area contributed by atoms with Crippen LogP contribution in [-0.2, 0) is 19.2 Å². The van der Waals surface area contributed by atoms with Crippen LogP contribution in [0.15, 0.2) is 0 Å². The van der Waals surface area contributed by atoms with Gasteiger partial charge in [-0.3, -0.25) is 9.59 Å². The highest BCUT2D eigenvalue weighted by Gasteiger charge is 1.65. The molecule has 0 N–H and O–H groups in total. The minimum Gasteiger partial charge on any atom is -0.303 e. The number of hydrogen-bond donors (Lipinski definition) is 0. The van der Waals surface area contributed by atoms with Gasteiger partial charge in [-0.25, -0.2) is 0 Å². The van der Waals surface area contributed by atoms with Gasteiger partial charge >= 0.3 is 0 Å². The Labute approximate surface area is 51.9 Å². The first-order valence-electron chi connectivity index (χ1n) is 2.09. The molecule has 0 heterocycles. The van der Waals surface area contributed by atoms with Gasteiger partial charge in [0.2, 0.25) is 0 Å². The lowest BCUT2D eigenvalue weighted by Crippen LogP contribution is -1.69. The summed E-state index contributed by atoms with van der Waals surface area (Å²) in [6, 6.07) is 0. The molecule has 0 rings (SSSR count). The summed E-state index contributed by atoms with van der Waals surface area (Å²) in [5.41, 5.74) is 0. The fourth-order valence-corrected chi connectivity index (χ4v) is 0.0393. The Morgan fingerprint density at radius 3 is 1.11 bits per heavy atom. The van der Waals surface area contributed by atoms with E-state index in [1.807, 2.05) is 0 Å². The smallest absolute Gasteiger partial charge is 0.182 e. The molecule has 0 fully saturated rings. The SMILES string of the molecule is O=CC=O.O=CCC=O. The average molecular weight is 130 g/mol. The Kier molecular flexibility index (Phi) is 18.8. The zero-order valence-electron chi connectivity index (χ0n) is 4.65. The second-order valence-electron chi connectivity index (χ2n) is 0.841. The first kappa shape index (κ1) is 10.6. The van der Waals surface area contributed by atoms with Gasteiger partial charge in [-0.1, -0.05) is 0 Å². The summed E-state index contributed by atoms with van der Waals surface area (Å²) in [5.74, 6) is 0. The maximum Gasteiger partial charge on any atom is 0.182 e. The lowest BCUT2D eigenvalue weighted by Gasteiger charge is -1.53. The third-order valence-corrected chi connectivity index (χ3v) is 0.248. The molecule has 0 aromatic carbocycles. The van der Waals surface area contributed by atoms with E-state index >= 15 is 0 Å². The largest absolute Gasteiger partial charge is 0.303 e. The molecule has 0 aromatic heterocycles. The average Bonchev–Trinajstić information content (AvgIpc) is 1.91. The van der Waals surface area contributed by atoms with Crippen LogP contribution in [0.3, 0.4) is 0 Å². The molecule has 0 saturated heterocycles. The fraction of sp³-hybridized carbons (Fsp3) is 0.200. The van der Waals surface area contributed by atoms with Gasteiger partial charge in [0.15, 0.2) is 12.6 Å². The van der Waals surface area contributed by atoms with Gasteiger partial charge in [-0.05, 0) is 0 Å². The van der Waals surface area contributed by atoms with Crippen LogP contribution in [0.5, 0.6) is 0 Å². The molecule has 0 atom stereocenters. The van der Waals surface area contributed by atoms with Crippen molar-refractivity contribution in [3.63, 3.8) is 0 Å². The lowest BCUT2D eigenvalue weighted by molar-refractivity contribution is -0.122. The van der Waals surface area contributed by atoms with Crippen molar-refractivity contribution in [1.82, 2.24) is 0 Å². The molecule has 0 aliphatic heterocycles. The molecule has 0 amide bonds. The minimum absolute atomic E-state index is 0.0278. The maximum atomic E-state index is 9.17. The second-order valence-corrected chi connectivity index (χ2v) is 0.841. The number of rotatable bonds is 3. The van der Waals surface area contributed by atoms with Gasteiger partial charge in [0.1, 0.15) is 12.6 Å². The summed E-state index contributed by atoms with van der Waals surface area (Å²) in [7, 11) is 0. The Morgan fingerprint density at radius 2 is 1.11 bits per heavy atom. The second kappa shape index (κ2) is 15.9. The zero-order valence-corrected chi connectivity index (χ0v) is 4.65. The van der Waals surface area contributed by atoms with Crippen molar-refractivity contribution in [2.24, 2.45) is 0 Å². The van der Waals surface area contributed by atoms with Crippen molar-refractivity contribution in [2.45, 2.75) is 6.42 Å². The highest BCUT2D eigenvalue weighted by Crippen LogP contribution is 1.50. The molecule has 0 radical (unpaired) electrons. The Balaban J connectivity index is 0. The van der Waals surface area contributed by atoms with Crippen molar-refractivity contribution < 1.29 is 19.2 Å². The molecular weight excluding hydrogens is 124 g/mol. The van der Waals surface area contributed by atoms with E-state index in [1.165, 1.54) is 0 Å². The number of carbonyl (C=O) groups excluding carboxylic acids is 4. The molecule has 0 aliphatic rings. The zero-order chi connectivity index (χ0) is 7.54. The van der Waals surface area contributed by atoms with Crippen LogP contribution in [0.2, 0.25) is 0 Å². The Hall–Kier alpha value is -1.32. The quantitative estimate of drug-likeness (QED) is 0.284. The summed E-state index contributed by atoms with van der Waals surface area (Å²) in [6.07, 6.45) is 1.54. The van der Waals surface area contributed by atoms with Crippen LogP contribution in [0.4, 0.5) is 0 Å². The van der Waals surface area contributed by atoms with E-state index in [4.69, 9.17) is 9.59 Å². The summed E-state index contributed by atoms with van der Waals surface area (Å²) >= 11 is 0. The molecule has 0 unspecified atom stereocenters. The van der Waals surface area contributed by atoms with E-state index < -0.39 is 0 Å². The van der Waals surface area contributed by atoms with Gasteiger partial charge in [0.25, 0.3) is 0 Å². The molecule has 50 valence electrons. The summed E-state index contributed by atoms with van der Waals surface area (Å²) < 4.78 is 0. The van der Waals surface area contributed by atoms with Gasteiger partial charge in [-0.15, -0.1) is 0 Å². The van der Waals surface area contributed by atoms with Gasteiger partial charge in [-0.2, -0.15) is 0 Å². The topological polar surface area (TPSA) is 68.3 Å². The summed E-state index contributed by atoms with van der Waals surface area (Å²) in [5, 5.41) is 0. The third-order valence-electron chi connectivity index (χ3n) is 0.248. The lowest BCUT2D eigenvalue weighted by atomic mass is 10.6. The molecule has 4 nitrogen and oxygen atoms in total. The van der Waals surface area contributed by atoms with E-state index in [0.717, 1.165) is 0 Å². The van der Waals surface area contributed by atoms with Gasteiger partial charge in [0.05, 0.1) is 6.42 Å². The summed E-state index contributed by atoms with van der Waals surface area (Å²) in [4.78, 5) is 36.0. The predicted octanol–water partition coefficient (Wildman–Crippen LogP) is -0.842. The minimum atomic E-state index is 0.0278. The fourth-order valence-electron chi connectivity index (χ4n) is 0.0393. The van der Waals surface area contributed by atoms with Gasteiger partial charge in [0, 0.05) is 0 Å². The molecule has 4 heteroatoms. The first-order chi connectivity index (χ1) is 4.33. The van der Waals surface area contributed by atoms with E-state index in [-0.39, 0.29) is 19.0 Å². The van der Waals surface area contributed by atoms with Crippen LogP contribution in [0.1, 0.15) is 6.42 Å². The number of aldehydes is 4. The molecule has 0 bridgehead atoms. The molecular formula is C5H6O4. The summed E-state index contributed by atoms with van der Waals surface area (Å²) in [6.45, 7) is 0. The highest BCUT2D eigenvalue weighted by molar-refractivity contribution is 6.09. The molecule has 0 spiro atoms. The van der Waals surface area contributed by atoms with Crippen molar-refractivity contribution in [3.05, 3.63) is 0 Å². The van der Waals surface area contributed by atoms with Crippen molar-refractivity contribution in [1.29, 1.82) is 0 Å². The normalized spacial score (nSPS) is 5.78. The molecule has 0 aromatic rings. The standard InChI is InChI=1S/C3H4O2.C2H2O2/c4-2-1-3-5;3-1-2-4/h2-3H,1H2;1-2H. The van der Waals surface area contributed by atoms with Crippen LogP contribution in [-0.4, -0.2) is 25.1 Å². The molecule has 0 aliphatic carbocycles. The third kappa shape index (κ3) is 51.8. The van der Waals surface area contributed by atoms with Crippen molar-refractivity contribution in [2.75, 3.05) is 0 Å². The van der Waals surface area contributed by atoms with Gasteiger partial charge < -0.3 is 9.59 Å². The van der Waals surface area contributed by atoms with Crippen LogP contribution in [0.25, 0.3) is 0 Å². The molecule has 0 saturated carbocycles. The van der Waals surface area contributed by atoms with Crippen LogP contribution < -0.4 is 0 Å². The highest BCUT2D eigenvalue weighted by atomic mass is 16.2. The first-order valence-corrected chi connectivity index (χ1v) is 2.09. The Bertz CT molecular complexity index is 85.1.